The zero-order valence-corrected chi connectivity index (χ0v) is 14.2. The zero-order valence-electron chi connectivity index (χ0n) is 12.6. The molecule has 1 rings (SSSR count). The molecule has 0 saturated heterocycles. The molecule has 19 heavy (non-hydrogen) atoms. The van der Waals surface area contributed by atoms with Gasteiger partial charge in [0.15, 0.2) is 0 Å². The average Bonchev–Trinajstić information content (AvgIpc) is 2.35. The molecule has 1 aromatic rings. The minimum absolute atomic E-state index is 0.542. The molecule has 0 aliphatic rings. The number of benzene rings is 1. The Labute approximate surface area is 125 Å². The van der Waals surface area contributed by atoms with Crippen LogP contribution in [0.2, 0.25) is 0 Å². The Morgan fingerprint density at radius 3 is 2.47 bits per heavy atom. The Bertz CT molecular complexity index is 396. The summed E-state index contributed by atoms with van der Waals surface area (Å²) in [5, 5.41) is 0. The smallest absolute Gasteiger partial charge is 0.133 e. The van der Waals surface area contributed by atoms with E-state index in [0.29, 0.717) is 6.04 Å². The SMILES string of the molecule is CCN(Cc1ccc(OC)c(Br)c1)C(C)CN(C)C. The van der Waals surface area contributed by atoms with E-state index in [1.54, 1.807) is 7.11 Å². The fraction of sp³-hybridized carbons (Fsp3) is 0.600. The Morgan fingerprint density at radius 2 is 2.00 bits per heavy atom. The number of likely N-dealkylation sites (N-methyl/N-ethyl adjacent to an activating group) is 2. The van der Waals surface area contributed by atoms with Crippen LogP contribution in [0.1, 0.15) is 19.4 Å². The van der Waals surface area contributed by atoms with Crippen LogP contribution in [0.4, 0.5) is 0 Å². The van der Waals surface area contributed by atoms with Crippen molar-refractivity contribution < 1.29 is 4.74 Å². The third-order valence-corrected chi connectivity index (χ3v) is 3.88. The Kier molecular flexibility index (Phi) is 6.83. The summed E-state index contributed by atoms with van der Waals surface area (Å²) in [6.07, 6.45) is 0. The van der Waals surface area contributed by atoms with Gasteiger partial charge in [-0.05, 0) is 61.2 Å². The molecule has 1 aromatic carbocycles. The molecule has 0 radical (unpaired) electrons. The van der Waals surface area contributed by atoms with Crippen molar-refractivity contribution in [2.45, 2.75) is 26.4 Å². The van der Waals surface area contributed by atoms with Gasteiger partial charge in [0, 0.05) is 19.1 Å². The van der Waals surface area contributed by atoms with E-state index in [0.717, 1.165) is 29.9 Å². The average molecular weight is 329 g/mol. The molecule has 1 atom stereocenters. The van der Waals surface area contributed by atoms with Gasteiger partial charge in [-0.2, -0.15) is 0 Å². The molecule has 1 unspecified atom stereocenters. The van der Waals surface area contributed by atoms with Crippen LogP contribution < -0.4 is 4.74 Å². The Morgan fingerprint density at radius 1 is 1.32 bits per heavy atom. The first-order chi connectivity index (χ1) is 8.97. The van der Waals surface area contributed by atoms with E-state index in [4.69, 9.17) is 4.74 Å². The summed E-state index contributed by atoms with van der Waals surface area (Å²) in [6, 6.07) is 6.84. The molecule has 0 bridgehead atoms. The van der Waals surface area contributed by atoms with Gasteiger partial charge in [0.25, 0.3) is 0 Å². The standard InChI is InChI=1S/C15H25BrN2O/c1-6-18(12(2)10-17(3)4)11-13-7-8-15(19-5)14(16)9-13/h7-9,12H,6,10-11H2,1-5H3. The zero-order chi connectivity index (χ0) is 14.4. The number of ether oxygens (including phenoxy) is 1. The van der Waals surface area contributed by atoms with Crippen molar-refractivity contribution in [2.24, 2.45) is 0 Å². The molecule has 0 fully saturated rings. The summed E-state index contributed by atoms with van der Waals surface area (Å²) in [4.78, 5) is 4.71. The first-order valence-corrected chi connectivity index (χ1v) is 7.48. The molecule has 0 heterocycles. The summed E-state index contributed by atoms with van der Waals surface area (Å²) in [5.74, 6) is 0.883. The van der Waals surface area contributed by atoms with Crippen LogP contribution >= 0.6 is 15.9 Å². The van der Waals surface area contributed by atoms with Gasteiger partial charge in [-0.15, -0.1) is 0 Å². The van der Waals surface area contributed by atoms with Crippen molar-refractivity contribution in [3.63, 3.8) is 0 Å². The van der Waals surface area contributed by atoms with E-state index in [2.05, 4.69) is 65.8 Å². The lowest BCUT2D eigenvalue weighted by Crippen LogP contribution is -2.39. The van der Waals surface area contributed by atoms with Crippen LogP contribution in [0, 0.1) is 0 Å². The molecule has 0 saturated carbocycles. The minimum Gasteiger partial charge on any atom is -0.496 e. The van der Waals surface area contributed by atoms with Gasteiger partial charge in [-0.25, -0.2) is 0 Å². The van der Waals surface area contributed by atoms with Crippen molar-refractivity contribution in [3.8, 4) is 5.75 Å². The Balaban J connectivity index is 2.72. The molecular formula is C15H25BrN2O. The molecule has 0 spiro atoms. The third kappa shape index (κ3) is 5.13. The largest absolute Gasteiger partial charge is 0.496 e. The second-order valence-corrected chi connectivity index (χ2v) is 6.00. The highest BCUT2D eigenvalue weighted by Gasteiger charge is 2.13. The van der Waals surface area contributed by atoms with E-state index in [1.165, 1.54) is 5.56 Å². The van der Waals surface area contributed by atoms with Crippen molar-refractivity contribution in [2.75, 3.05) is 34.3 Å². The molecular weight excluding hydrogens is 304 g/mol. The minimum atomic E-state index is 0.542. The van der Waals surface area contributed by atoms with Gasteiger partial charge >= 0.3 is 0 Å². The van der Waals surface area contributed by atoms with Crippen molar-refractivity contribution in [3.05, 3.63) is 28.2 Å². The number of methoxy groups -OCH3 is 1. The van der Waals surface area contributed by atoms with E-state index in [-0.39, 0.29) is 0 Å². The van der Waals surface area contributed by atoms with Crippen LogP contribution in [-0.2, 0) is 6.54 Å². The van der Waals surface area contributed by atoms with E-state index in [1.807, 2.05) is 6.07 Å². The molecule has 108 valence electrons. The van der Waals surface area contributed by atoms with E-state index in [9.17, 15) is 0 Å². The van der Waals surface area contributed by atoms with Gasteiger partial charge in [0.05, 0.1) is 11.6 Å². The van der Waals surface area contributed by atoms with Crippen LogP contribution in [0.3, 0.4) is 0 Å². The fourth-order valence-corrected chi connectivity index (χ4v) is 2.85. The molecule has 4 heteroatoms. The fourth-order valence-electron chi connectivity index (χ4n) is 2.27. The topological polar surface area (TPSA) is 15.7 Å². The first kappa shape index (κ1) is 16.5. The number of nitrogens with zero attached hydrogens (tertiary/aromatic N) is 2. The highest BCUT2D eigenvalue weighted by molar-refractivity contribution is 9.10. The maximum atomic E-state index is 5.26. The maximum absolute atomic E-state index is 5.26. The monoisotopic (exact) mass is 328 g/mol. The summed E-state index contributed by atoms with van der Waals surface area (Å²) in [6.45, 7) is 7.59. The summed E-state index contributed by atoms with van der Waals surface area (Å²) in [5.41, 5.74) is 1.31. The van der Waals surface area contributed by atoms with Gasteiger partial charge in [0.1, 0.15) is 5.75 Å². The molecule has 0 aromatic heterocycles. The number of rotatable bonds is 7. The molecule has 0 amide bonds. The Hall–Kier alpha value is -0.580. The van der Waals surface area contributed by atoms with Crippen LogP contribution in [0.5, 0.6) is 5.75 Å². The summed E-state index contributed by atoms with van der Waals surface area (Å²) >= 11 is 3.54. The number of hydrogen-bond acceptors (Lipinski definition) is 3. The van der Waals surface area contributed by atoms with Gasteiger partial charge in [-0.3, -0.25) is 4.90 Å². The molecule has 0 aliphatic carbocycles. The van der Waals surface area contributed by atoms with Crippen molar-refractivity contribution in [1.29, 1.82) is 0 Å². The lowest BCUT2D eigenvalue weighted by Gasteiger charge is -2.30. The van der Waals surface area contributed by atoms with Crippen LogP contribution in [0.15, 0.2) is 22.7 Å². The van der Waals surface area contributed by atoms with Gasteiger partial charge < -0.3 is 9.64 Å². The predicted octanol–water partition coefficient (Wildman–Crippen LogP) is 3.23. The first-order valence-electron chi connectivity index (χ1n) is 6.69. The highest BCUT2D eigenvalue weighted by atomic mass is 79.9. The second kappa shape index (κ2) is 7.88. The van der Waals surface area contributed by atoms with Crippen LogP contribution in [-0.4, -0.2) is 50.1 Å². The highest BCUT2D eigenvalue weighted by Crippen LogP contribution is 2.26. The summed E-state index contributed by atoms with van der Waals surface area (Å²) in [7, 11) is 5.93. The lowest BCUT2D eigenvalue weighted by molar-refractivity contribution is 0.174. The predicted molar refractivity (Wildman–Crippen MR) is 84.8 cm³/mol. The number of halogens is 1. The van der Waals surface area contributed by atoms with Crippen LogP contribution in [0.25, 0.3) is 0 Å². The second-order valence-electron chi connectivity index (χ2n) is 5.14. The number of hydrogen-bond donors (Lipinski definition) is 0. The van der Waals surface area contributed by atoms with E-state index < -0.39 is 0 Å². The van der Waals surface area contributed by atoms with Crippen molar-refractivity contribution >= 4 is 15.9 Å². The molecule has 0 aliphatic heterocycles. The maximum Gasteiger partial charge on any atom is 0.133 e. The van der Waals surface area contributed by atoms with Crippen molar-refractivity contribution in [1.82, 2.24) is 9.80 Å². The third-order valence-electron chi connectivity index (χ3n) is 3.26. The molecule has 0 N–H and O–H groups in total. The van der Waals surface area contributed by atoms with Gasteiger partial charge in [-0.1, -0.05) is 13.0 Å². The lowest BCUT2D eigenvalue weighted by atomic mass is 10.1. The molecule has 3 nitrogen and oxygen atoms in total. The van der Waals surface area contributed by atoms with E-state index >= 15 is 0 Å². The summed E-state index contributed by atoms with van der Waals surface area (Å²) < 4.78 is 6.28. The quantitative estimate of drug-likeness (QED) is 0.764. The van der Waals surface area contributed by atoms with Gasteiger partial charge in [0.2, 0.25) is 0 Å². The normalized spacial score (nSPS) is 13.1.